The van der Waals surface area contributed by atoms with E-state index >= 15 is 0 Å². The number of nitrogens with zero attached hydrogens (tertiary/aromatic N) is 5. The van der Waals surface area contributed by atoms with Crippen LogP contribution >= 0.6 is 0 Å². The number of rotatable bonds is 5. The van der Waals surface area contributed by atoms with Gasteiger partial charge >= 0.3 is 0 Å². The van der Waals surface area contributed by atoms with Gasteiger partial charge in [0.05, 0.1) is 56.2 Å². The summed E-state index contributed by atoms with van der Waals surface area (Å²) in [4.78, 5) is 19.3. The van der Waals surface area contributed by atoms with Crippen LogP contribution in [-0.4, -0.2) is 73.7 Å². The lowest BCUT2D eigenvalue weighted by Gasteiger charge is -2.37. The molecule has 0 saturated carbocycles. The van der Waals surface area contributed by atoms with Crippen molar-refractivity contribution in [3.63, 3.8) is 0 Å². The lowest BCUT2D eigenvalue weighted by Crippen LogP contribution is -2.46. The number of morpholine rings is 2. The van der Waals surface area contributed by atoms with E-state index in [4.69, 9.17) is 29.2 Å². The van der Waals surface area contributed by atoms with Crippen LogP contribution in [-0.2, 0) is 20.8 Å². The highest BCUT2D eigenvalue weighted by atomic mass is 19.1. The summed E-state index contributed by atoms with van der Waals surface area (Å²) in [7, 11) is 1.56. The predicted molar refractivity (Wildman–Crippen MR) is 129 cm³/mol. The predicted octanol–water partition coefficient (Wildman–Crippen LogP) is 3.43. The Morgan fingerprint density at radius 1 is 0.971 bits per heavy atom. The van der Waals surface area contributed by atoms with Crippen LogP contribution in [0.5, 0.6) is 0 Å². The average Bonchev–Trinajstić information content (AvgIpc) is 2.85. The lowest BCUT2D eigenvalue weighted by atomic mass is 10.1. The van der Waals surface area contributed by atoms with Gasteiger partial charge in [-0.1, -0.05) is 0 Å². The van der Waals surface area contributed by atoms with Gasteiger partial charge in [0.1, 0.15) is 11.6 Å². The first kappa shape index (κ1) is 22.9. The number of anilines is 2. The molecule has 0 aliphatic carbocycles. The maximum Gasteiger partial charge on any atom is 0.229 e. The summed E-state index contributed by atoms with van der Waals surface area (Å²) in [6.07, 6.45) is 0. The average molecular weight is 468 g/mol. The van der Waals surface area contributed by atoms with Crippen molar-refractivity contribution in [2.75, 3.05) is 56.4 Å². The molecule has 4 heterocycles. The van der Waals surface area contributed by atoms with E-state index in [1.165, 1.54) is 6.07 Å². The molecule has 3 aromatic rings. The van der Waals surface area contributed by atoms with Crippen molar-refractivity contribution < 1.29 is 18.6 Å². The van der Waals surface area contributed by atoms with Crippen molar-refractivity contribution in [1.29, 1.82) is 0 Å². The van der Waals surface area contributed by atoms with Gasteiger partial charge in [-0.25, -0.2) is 9.37 Å². The number of pyridine rings is 1. The zero-order chi connectivity index (χ0) is 23.7. The highest BCUT2D eigenvalue weighted by molar-refractivity contribution is 5.90. The maximum atomic E-state index is 14.2. The molecule has 0 bridgehead atoms. The molecule has 0 unspecified atom stereocenters. The molecule has 2 aliphatic rings. The highest BCUT2D eigenvalue weighted by Crippen LogP contribution is 2.31. The molecular formula is C25H30FN5O3. The van der Waals surface area contributed by atoms with E-state index in [1.54, 1.807) is 19.2 Å². The highest BCUT2D eigenvalue weighted by Gasteiger charge is 2.27. The van der Waals surface area contributed by atoms with E-state index in [0.29, 0.717) is 43.6 Å². The minimum absolute atomic E-state index is 0.165. The molecule has 0 radical (unpaired) electrons. The second-order valence-electron chi connectivity index (χ2n) is 8.89. The van der Waals surface area contributed by atoms with E-state index in [-0.39, 0.29) is 24.5 Å². The van der Waals surface area contributed by atoms with E-state index in [1.807, 2.05) is 12.1 Å². The van der Waals surface area contributed by atoms with Gasteiger partial charge in [0.15, 0.2) is 5.65 Å². The topological polar surface area (TPSA) is 72.8 Å². The summed E-state index contributed by atoms with van der Waals surface area (Å²) < 4.78 is 30.6. The fourth-order valence-electron chi connectivity index (χ4n) is 4.56. The Hall–Kier alpha value is -2.88. The Bertz CT molecular complexity index is 1180. The number of aromatic nitrogens is 3. The Kier molecular flexibility index (Phi) is 6.58. The van der Waals surface area contributed by atoms with Gasteiger partial charge in [-0.2, -0.15) is 9.97 Å². The molecule has 2 aromatic heterocycles. The number of fused-ring (bicyclic) bond motifs is 1. The van der Waals surface area contributed by atoms with Crippen LogP contribution in [0.1, 0.15) is 19.4 Å². The Balaban J connectivity index is 1.63. The second-order valence-corrected chi connectivity index (χ2v) is 8.89. The van der Waals surface area contributed by atoms with E-state index in [9.17, 15) is 4.39 Å². The summed E-state index contributed by atoms with van der Waals surface area (Å²) in [5.74, 6) is 1.23. The third kappa shape index (κ3) is 4.43. The quantitative estimate of drug-likeness (QED) is 0.565. The van der Waals surface area contributed by atoms with Crippen molar-refractivity contribution in [3.05, 3.63) is 41.7 Å². The van der Waals surface area contributed by atoms with Gasteiger partial charge in [-0.3, -0.25) is 0 Å². The van der Waals surface area contributed by atoms with Gasteiger partial charge in [-0.05, 0) is 44.2 Å². The van der Waals surface area contributed by atoms with Crippen molar-refractivity contribution in [1.82, 2.24) is 15.0 Å². The molecule has 2 atom stereocenters. The molecule has 1 aromatic carbocycles. The van der Waals surface area contributed by atoms with Crippen LogP contribution < -0.4 is 9.80 Å². The third-order valence-corrected chi connectivity index (χ3v) is 6.43. The molecule has 5 rings (SSSR count). The summed E-state index contributed by atoms with van der Waals surface area (Å²) in [6, 6.07) is 9.29. The molecule has 0 spiro atoms. The van der Waals surface area contributed by atoms with Crippen molar-refractivity contribution in [2.24, 2.45) is 0 Å². The maximum absolute atomic E-state index is 14.2. The number of hydrogen-bond donors (Lipinski definition) is 0. The molecule has 0 N–H and O–H groups in total. The van der Waals surface area contributed by atoms with Crippen molar-refractivity contribution in [3.8, 4) is 11.3 Å². The van der Waals surface area contributed by atoms with E-state index in [0.717, 1.165) is 35.6 Å². The first-order chi connectivity index (χ1) is 16.5. The van der Waals surface area contributed by atoms with Crippen LogP contribution in [0.2, 0.25) is 0 Å². The molecule has 34 heavy (non-hydrogen) atoms. The molecule has 180 valence electrons. The molecule has 8 nitrogen and oxygen atoms in total. The first-order valence-electron chi connectivity index (χ1n) is 11.7. The zero-order valence-electron chi connectivity index (χ0n) is 19.8. The summed E-state index contributed by atoms with van der Waals surface area (Å²) in [5, 5.41) is 0.890. The largest absolute Gasteiger partial charge is 0.380 e. The Morgan fingerprint density at radius 3 is 2.41 bits per heavy atom. The summed E-state index contributed by atoms with van der Waals surface area (Å²) >= 11 is 0. The lowest BCUT2D eigenvalue weighted by molar-refractivity contribution is 0.0973. The zero-order valence-corrected chi connectivity index (χ0v) is 19.8. The van der Waals surface area contributed by atoms with Crippen LogP contribution in [0.3, 0.4) is 0 Å². The van der Waals surface area contributed by atoms with Gasteiger partial charge in [0.2, 0.25) is 5.95 Å². The van der Waals surface area contributed by atoms with Crippen molar-refractivity contribution in [2.45, 2.75) is 32.5 Å². The number of methoxy groups -OCH3 is 1. The first-order valence-corrected chi connectivity index (χ1v) is 11.7. The Morgan fingerprint density at radius 2 is 1.71 bits per heavy atom. The monoisotopic (exact) mass is 467 g/mol. The number of halogens is 1. The normalized spacial score (nSPS) is 21.3. The van der Waals surface area contributed by atoms with Gasteiger partial charge < -0.3 is 24.0 Å². The fourth-order valence-corrected chi connectivity index (χ4v) is 4.56. The fraction of sp³-hybridized carbons (Fsp3) is 0.480. The minimum atomic E-state index is -0.291. The Labute approximate surface area is 198 Å². The third-order valence-electron chi connectivity index (χ3n) is 6.43. The van der Waals surface area contributed by atoms with Gasteiger partial charge in [0.25, 0.3) is 0 Å². The second kappa shape index (κ2) is 9.77. The molecular weight excluding hydrogens is 437 g/mol. The van der Waals surface area contributed by atoms with Crippen LogP contribution in [0.15, 0.2) is 30.3 Å². The van der Waals surface area contributed by atoms with Crippen LogP contribution in [0.25, 0.3) is 22.3 Å². The molecule has 2 saturated heterocycles. The SMILES string of the molecule is COCc1cc(-c2ccc3c(N4CCOC[C@@H]4C)nc(N4CCOC[C@@H]4C)nc3n2)ccc1F. The number of ether oxygens (including phenoxy) is 3. The minimum Gasteiger partial charge on any atom is -0.380 e. The van der Waals surface area contributed by atoms with Crippen LogP contribution in [0, 0.1) is 5.82 Å². The molecule has 2 fully saturated rings. The standard InChI is InChI=1S/C25H30FN5O3/c1-16-13-33-10-8-30(16)24-20-5-7-22(18-4-6-21(26)19(12-18)15-32-3)27-23(20)28-25(29-24)31-9-11-34-14-17(31)2/h4-7,12,16-17H,8-11,13-15H2,1-3H3/t16-,17-/m0/s1. The van der Waals surface area contributed by atoms with E-state index in [2.05, 4.69) is 23.6 Å². The number of hydrogen-bond acceptors (Lipinski definition) is 8. The molecule has 2 aliphatic heterocycles. The summed E-state index contributed by atoms with van der Waals surface area (Å²) in [6.45, 7) is 8.52. The molecule has 9 heteroatoms. The number of benzene rings is 1. The molecule has 0 amide bonds. The van der Waals surface area contributed by atoms with Crippen LogP contribution in [0.4, 0.5) is 16.2 Å². The van der Waals surface area contributed by atoms with Gasteiger partial charge in [-0.15, -0.1) is 0 Å². The van der Waals surface area contributed by atoms with Crippen molar-refractivity contribution >= 4 is 22.8 Å². The van der Waals surface area contributed by atoms with E-state index < -0.39 is 0 Å². The summed E-state index contributed by atoms with van der Waals surface area (Å²) in [5.41, 5.74) is 2.66. The smallest absolute Gasteiger partial charge is 0.229 e. The van der Waals surface area contributed by atoms with Gasteiger partial charge in [0, 0.05) is 31.3 Å².